The maximum atomic E-state index is 4.21. The highest BCUT2D eigenvalue weighted by Gasteiger charge is 2.18. The van der Waals surface area contributed by atoms with E-state index in [-0.39, 0.29) is 0 Å². The van der Waals surface area contributed by atoms with Crippen molar-refractivity contribution in [3.8, 4) is 0 Å². The molecule has 0 amide bonds. The van der Waals surface area contributed by atoms with E-state index in [0.29, 0.717) is 0 Å². The summed E-state index contributed by atoms with van der Waals surface area (Å²) in [6.45, 7) is 4.86. The predicted molar refractivity (Wildman–Crippen MR) is 70.0 cm³/mol. The van der Waals surface area contributed by atoms with Crippen LogP contribution >= 0.6 is 0 Å². The molecule has 0 spiro atoms. The number of nitrogens with zero attached hydrogens (tertiary/aromatic N) is 3. The zero-order valence-electron chi connectivity index (χ0n) is 11.0. The van der Waals surface area contributed by atoms with Crippen molar-refractivity contribution in [2.24, 2.45) is 13.0 Å². The van der Waals surface area contributed by atoms with Gasteiger partial charge < -0.3 is 10.2 Å². The number of aryl methyl sites for hydroxylation is 1. The summed E-state index contributed by atoms with van der Waals surface area (Å²) in [6.07, 6.45) is 5.68. The van der Waals surface area contributed by atoms with Gasteiger partial charge in [0, 0.05) is 31.9 Å². The van der Waals surface area contributed by atoms with Crippen LogP contribution in [0.4, 0.5) is 0 Å². The second-order valence-corrected chi connectivity index (χ2v) is 5.04. The molecule has 1 aromatic heterocycles. The van der Waals surface area contributed by atoms with Gasteiger partial charge >= 0.3 is 0 Å². The molecule has 0 saturated carbocycles. The van der Waals surface area contributed by atoms with Gasteiger partial charge in [-0.2, -0.15) is 5.10 Å². The number of hydrogen-bond donors (Lipinski definition) is 1. The van der Waals surface area contributed by atoms with Gasteiger partial charge in [-0.15, -0.1) is 0 Å². The molecule has 2 heterocycles. The van der Waals surface area contributed by atoms with Crippen molar-refractivity contribution >= 4 is 0 Å². The summed E-state index contributed by atoms with van der Waals surface area (Å²) in [6, 6.07) is 2.12. The Morgan fingerprint density at radius 2 is 2.18 bits per heavy atom. The number of nitrogens with one attached hydrogen (secondary N) is 1. The average Bonchev–Trinajstić information content (AvgIpc) is 2.75. The number of aromatic nitrogens is 2. The largest absolute Gasteiger partial charge is 0.319 e. The van der Waals surface area contributed by atoms with Crippen molar-refractivity contribution < 1.29 is 0 Å². The van der Waals surface area contributed by atoms with E-state index in [1.807, 2.05) is 17.9 Å². The van der Waals surface area contributed by atoms with Crippen LogP contribution in [0.1, 0.15) is 18.5 Å². The standard InChI is InChI=1S/C13H24N4/c1-14-11-12-4-8-17(9-5-12)10-6-13-3-7-15-16(13)2/h3,7,12,14H,4-6,8-11H2,1-2H3. The molecule has 1 aliphatic rings. The van der Waals surface area contributed by atoms with Gasteiger partial charge in [0.25, 0.3) is 0 Å². The fraction of sp³-hybridized carbons (Fsp3) is 0.769. The Morgan fingerprint density at radius 3 is 2.76 bits per heavy atom. The maximum absolute atomic E-state index is 4.21. The van der Waals surface area contributed by atoms with Crippen molar-refractivity contribution in [3.63, 3.8) is 0 Å². The molecule has 0 atom stereocenters. The molecule has 1 saturated heterocycles. The summed E-state index contributed by atoms with van der Waals surface area (Å²) < 4.78 is 1.98. The van der Waals surface area contributed by atoms with E-state index in [1.165, 1.54) is 44.7 Å². The first-order valence-electron chi connectivity index (χ1n) is 6.63. The maximum Gasteiger partial charge on any atom is 0.0492 e. The van der Waals surface area contributed by atoms with Gasteiger partial charge in [-0.05, 0) is 51.5 Å². The summed E-state index contributed by atoms with van der Waals surface area (Å²) in [4.78, 5) is 2.58. The molecule has 0 aliphatic carbocycles. The minimum absolute atomic E-state index is 0.882. The highest BCUT2D eigenvalue weighted by molar-refractivity contribution is 5.00. The van der Waals surface area contributed by atoms with Crippen LogP contribution in [0.5, 0.6) is 0 Å². The molecule has 2 rings (SSSR count). The van der Waals surface area contributed by atoms with Crippen molar-refractivity contribution in [1.82, 2.24) is 20.0 Å². The first-order valence-corrected chi connectivity index (χ1v) is 6.63. The summed E-state index contributed by atoms with van der Waals surface area (Å²) in [7, 11) is 4.07. The topological polar surface area (TPSA) is 33.1 Å². The van der Waals surface area contributed by atoms with Crippen molar-refractivity contribution in [2.75, 3.05) is 33.2 Å². The SMILES string of the molecule is CNCC1CCN(CCc2ccnn2C)CC1. The van der Waals surface area contributed by atoms with E-state index < -0.39 is 0 Å². The minimum Gasteiger partial charge on any atom is -0.319 e. The van der Waals surface area contributed by atoms with E-state index in [4.69, 9.17) is 0 Å². The van der Waals surface area contributed by atoms with Gasteiger partial charge in [-0.1, -0.05) is 0 Å². The molecular weight excluding hydrogens is 212 g/mol. The smallest absolute Gasteiger partial charge is 0.0492 e. The summed E-state index contributed by atoms with van der Waals surface area (Å²) in [5.74, 6) is 0.882. The fourth-order valence-corrected chi connectivity index (χ4v) is 2.62. The van der Waals surface area contributed by atoms with E-state index in [9.17, 15) is 0 Å². The van der Waals surface area contributed by atoms with Crippen LogP contribution in [-0.4, -0.2) is 47.9 Å². The molecule has 96 valence electrons. The molecule has 17 heavy (non-hydrogen) atoms. The summed E-state index contributed by atoms with van der Waals surface area (Å²) >= 11 is 0. The average molecular weight is 236 g/mol. The molecule has 0 unspecified atom stereocenters. The van der Waals surface area contributed by atoms with Crippen LogP contribution in [0.2, 0.25) is 0 Å². The van der Waals surface area contributed by atoms with Crippen LogP contribution in [0.3, 0.4) is 0 Å². The fourth-order valence-electron chi connectivity index (χ4n) is 2.62. The normalized spacial score (nSPS) is 18.7. The summed E-state index contributed by atoms with van der Waals surface area (Å²) in [5, 5.41) is 7.49. The molecule has 1 N–H and O–H groups in total. The first-order chi connectivity index (χ1) is 8.29. The number of rotatable bonds is 5. The second kappa shape index (κ2) is 6.17. The van der Waals surface area contributed by atoms with Crippen LogP contribution in [0.25, 0.3) is 0 Å². The molecule has 0 aromatic carbocycles. The number of hydrogen-bond acceptors (Lipinski definition) is 3. The van der Waals surface area contributed by atoms with Crippen LogP contribution in [0.15, 0.2) is 12.3 Å². The van der Waals surface area contributed by atoms with Crippen LogP contribution < -0.4 is 5.32 Å². The Labute approximate surface area is 104 Å². The number of likely N-dealkylation sites (tertiary alicyclic amines) is 1. The van der Waals surface area contributed by atoms with Gasteiger partial charge in [0.2, 0.25) is 0 Å². The van der Waals surface area contributed by atoms with Gasteiger partial charge in [0.05, 0.1) is 0 Å². The van der Waals surface area contributed by atoms with E-state index in [1.54, 1.807) is 0 Å². The lowest BCUT2D eigenvalue weighted by Gasteiger charge is -2.31. The Hall–Kier alpha value is -0.870. The number of piperidine rings is 1. The lowest BCUT2D eigenvalue weighted by atomic mass is 9.97. The zero-order valence-corrected chi connectivity index (χ0v) is 11.0. The molecule has 0 bridgehead atoms. The van der Waals surface area contributed by atoms with Gasteiger partial charge in [-0.25, -0.2) is 0 Å². The Bertz CT molecular complexity index is 326. The van der Waals surface area contributed by atoms with Crippen molar-refractivity contribution in [1.29, 1.82) is 0 Å². The zero-order chi connectivity index (χ0) is 12.1. The van der Waals surface area contributed by atoms with E-state index in [2.05, 4.69) is 28.4 Å². The van der Waals surface area contributed by atoms with Gasteiger partial charge in [0.15, 0.2) is 0 Å². The Balaban J connectivity index is 1.70. The monoisotopic (exact) mass is 236 g/mol. The highest BCUT2D eigenvalue weighted by atomic mass is 15.3. The van der Waals surface area contributed by atoms with E-state index >= 15 is 0 Å². The molecule has 1 fully saturated rings. The molecule has 1 aliphatic heterocycles. The Morgan fingerprint density at radius 1 is 1.41 bits per heavy atom. The minimum atomic E-state index is 0.882. The predicted octanol–water partition coefficient (Wildman–Crippen LogP) is 0.894. The molecule has 0 radical (unpaired) electrons. The highest BCUT2D eigenvalue weighted by Crippen LogP contribution is 2.16. The third-order valence-electron chi connectivity index (χ3n) is 3.81. The quantitative estimate of drug-likeness (QED) is 0.824. The third-order valence-corrected chi connectivity index (χ3v) is 3.81. The third kappa shape index (κ3) is 3.54. The molecule has 4 nitrogen and oxygen atoms in total. The van der Waals surface area contributed by atoms with Crippen molar-refractivity contribution in [3.05, 3.63) is 18.0 Å². The molecule has 4 heteroatoms. The second-order valence-electron chi connectivity index (χ2n) is 5.04. The first kappa shape index (κ1) is 12.6. The molecule has 1 aromatic rings. The molecular formula is C13H24N4. The van der Waals surface area contributed by atoms with Gasteiger partial charge in [-0.3, -0.25) is 4.68 Å². The summed E-state index contributed by atoms with van der Waals surface area (Å²) in [5.41, 5.74) is 1.34. The lowest BCUT2D eigenvalue weighted by Crippen LogP contribution is -2.37. The lowest BCUT2D eigenvalue weighted by molar-refractivity contribution is 0.184. The van der Waals surface area contributed by atoms with Crippen molar-refractivity contribution in [2.45, 2.75) is 19.3 Å². The van der Waals surface area contributed by atoms with Crippen LogP contribution in [-0.2, 0) is 13.5 Å². The Kier molecular flexibility index (Phi) is 4.57. The van der Waals surface area contributed by atoms with E-state index in [0.717, 1.165) is 12.3 Å². The van der Waals surface area contributed by atoms with Gasteiger partial charge in [0.1, 0.15) is 0 Å². The van der Waals surface area contributed by atoms with Crippen LogP contribution in [0, 0.1) is 5.92 Å².